The van der Waals surface area contributed by atoms with Gasteiger partial charge in [0.2, 0.25) is 0 Å². The number of piperidine rings is 1. The van der Waals surface area contributed by atoms with Crippen molar-refractivity contribution in [3.63, 3.8) is 0 Å². The minimum Gasteiger partial charge on any atom is -0.399 e. The largest absolute Gasteiger partial charge is 0.399 e. The van der Waals surface area contributed by atoms with Gasteiger partial charge in [-0.1, -0.05) is 12.1 Å². The summed E-state index contributed by atoms with van der Waals surface area (Å²) in [5, 5.41) is 3.44. The summed E-state index contributed by atoms with van der Waals surface area (Å²) in [6.07, 6.45) is 3.83. The van der Waals surface area contributed by atoms with E-state index in [1.54, 1.807) is 0 Å². The van der Waals surface area contributed by atoms with Crippen LogP contribution in [0.15, 0.2) is 24.3 Å². The number of nitrogens with one attached hydrogen (secondary N) is 1. The second-order valence-electron chi connectivity index (χ2n) is 4.16. The number of anilines is 1. The maximum absolute atomic E-state index is 5.75. The number of benzene rings is 1. The van der Waals surface area contributed by atoms with E-state index in [1.807, 2.05) is 12.1 Å². The van der Waals surface area contributed by atoms with Crippen molar-refractivity contribution in [2.75, 3.05) is 18.8 Å². The van der Waals surface area contributed by atoms with E-state index in [0.717, 1.165) is 24.6 Å². The van der Waals surface area contributed by atoms with Gasteiger partial charge in [0.1, 0.15) is 0 Å². The van der Waals surface area contributed by atoms with Gasteiger partial charge in [-0.05, 0) is 56.0 Å². The fourth-order valence-corrected chi connectivity index (χ4v) is 2.15. The van der Waals surface area contributed by atoms with Crippen molar-refractivity contribution in [3.05, 3.63) is 29.8 Å². The molecule has 1 heterocycles. The summed E-state index contributed by atoms with van der Waals surface area (Å²) < 4.78 is 0. The molecule has 0 spiro atoms. The Bertz CT molecular complexity index is 290. The van der Waals surface area contributed by atoms with Crippen LogP contribution in [0.1, 0.15) is 18.4 Å². The van der Waals surface area contributed by atoms with Crippen molar-refractivity contribution >= 4 is 5.69 Å². The lowest BCUT2D eigenvalue weighted by Crippen LogP contribution is -2.30. The van der Waals surface area contributed by atoms with Gasteiger partial charge in [-0.3, -0.25) is 0 Å². The lowest BCUT2D eigenvalue weighted by atomic mass is 9.92. The molecule has 1 saturated heterocycles. The second-order valence-corrected chi connectivity index (χ2v) is 4.16. The average molecular weight is 190 g/mol. The fraction of sp³-hybridized carbons (Fsp3) is 0.500. The number of nitrogen functional groups attached to an aromatic ring is 1. The van der Waals surface area contributed by atoms with Gasteiger partial charge >= 0.3 is 0 Å². The number of hydrogen-bond acceptors (Lipinski definition) is 2. The van der Waals surface area contributed by atoms with Gasteiger partial charge in [-0.15, -0.1) is 0 Å². The van der Waals surface area contributed by atoms with Crippen LogP contribution in [0.3, 0.4) is 0 Å². The van der Waals surface area contributed by atoms with Crippen LogP contribution in [0.4, 0.5) is 5.69 Å². The minimum absolute atomic E-state index is 0.797. The van der Waals surface area contributed by atoms with Crippen molar-refractivity contribution in [1.82, 2.24) is 5.32 Å². The molecule has 0 bridgehead atoms. The topological polar surface area (TPSA) is 38.0 Å². The third-order valence-electron chi connectivity index (χ3n) is 2.87. The van der Waals surface area contributed by atoms with Crippen LogP contribution in [-0.2, 0) is 6.42 Å². The van der Waals surface area contributed by atoms with Crippen LogP contribution in [0.25, 0.3) is 0 Å². The standard InChI is InChI=1S/C12H18N2/c13-12-5-1-3-10(8-12)7-11-4-2-6-14-9-11/h1,3,5,8,11,14H,2,4,6-7,9,13H2/t11-/m0/s1. The normalized spacial score (nSPS) is 22.1. The van der Waals surface area contributed by atoms with Crippen LogP contribution >= 0.6 is 0 Å². The van der Waals surface area contributed by atoms with E-state index in [4.69, 9.17) is 5.73 Å². The molecule has 2 nitrogen and oxygen atoms in total. The summed E-state index contributed by atoms with van der Waals surface area (Å²) in [6.45, 7) is 2.35. The van der Waals surface area contributed by atoms with Gasteiger partial charge in [0, 0.05) is 5.69 Å². The molecule has 1 fully saturated rings. The van der Waals surface area contributed by atoms with Crippen LogP contribution < -0.4 is 11.1 Å². The minimum atomic E-state index is 0.797. The maximum Gasteiger partial charge on any atom is 0.0316 e. The zero-order valence-electron chi connectivity index (χ0n) is 8.50. The number of rotatable bonds is 2. The van der Waals surface area contributed by atoms with Crippen molar-refractivity contribution in [2.45, 2.75) is 19.3 Å². The molecule has 0 aromatic heterocycles. The second kappa shape index (κ2) is 4.47. The van der Waals surface area contributed by atoms with Crippen molar-refractivity contribution in [1.29, 1.82) is 0 Å². The van der Waals surface area contributed by atoms with E-state index in [9.17, 15) is 0 Å². The first-order valence-corrected chi connectivity index (χ1v) is 5.40. The lowest BCUT2D eigenvalue weighted by Gasteiger charge is -2.22. The first-order chi connectivity index (χ1) is 6.84. The highest BCUT2D eigenvalue weighted by atomic mass is 14.9. The van der Waals surface area contributed by atoms with E-state index in [-0.39, 0.29) is 0 Å². The van der Waals surface area contributed by atoms with E-state index < -0.39 is 0 Å². The highest BCUT2D eigenvalue weighted by Gasteiger charge is 2.13. The third-order valence-corrected chi connectivity index (χ3v) is 2.87. The lowest BCUT2D eigenvalue weighted by molar-refractivity contribution is 0.376. The molecule has 2 rings (SSSR count). The predicted molar refractivity (Wildman–Crippen MR) is 60.2 cm³/mol. The summed E-state index contributed by atoms with van der Waals surface area (Å²) >= 11 is 0. The Morgan fingerprint density at radius 2 is 2.36 bits per heavy atom. The summed E-state index contributed by atoms with van der Waals surface area (Å²) in [4.78, 5) is 0. The molecule has 0 unspecified atom stereocenters. The molecule has 1 aromatic carbocycles. The number of hydrogen-bond donors (Lipinski definition) is 2. The Kier molecular flexibility index (Phi) is 3.04. The van der Waals surface area contributed by atoms with Gasteiger partial charge in [-0.2, -0.15) is 0 Å². The van der Waals surface area contributed by atoms with Crippen LogP contribution in [0.2, 0.25) is 0 Å². The summed E-state index contributed by atoms with van der Waals surface area (Å²) in [6, 6.07) is 8.25. The average Bonchev–Trinajstić information content (AvgIpc) is 2.19. The predicted octanol–water partition coefficient (Wildman–Crippen LogP) is 1.81. The van der Waals surface area contributed by atoms with Gasteiger partial charge in [0.15, 0.2) is 0 Å². The molecular weight excluding hydrogens is 172 g/mol. The smallest absolute Gasteiger partial charge is 0.0316 e. The van der Waals surface area contributed by atoms with Crippen molar-refractivity contribution in [2.24, 2.45) is 5.92 Å². The monoisotopic (exact) mass is 190 g/mol. The molecule has 1 aromatic rings. The van der Waals surface area contributed by atoms with E-state index in [0.29, 0.717) is 0 Å². The summed E-state index contributed by atoms with van der Waals surface area (Å²) in [5.41, 5.74) is 8.00. The SMILES string of the molecule is Nc1cccc(C[C@@H]2CCCNC2)c1. The molecule has 2 heteroatoms. The molecule has 1 aliphatic heterocycles. The highest BCUT2D eigenvalue weighted by molar-refractivity contribution is 5.40. The Balaban J connectivity index is 1.95. The summed E-state index contributed by atoms with van der Waals surface area (Å²) in [5.74, 6) is 0.797. The van der Waals surface area contributed by atoms with Gasteiger partial charge in [0.25, 0.3) is 0 Å². The van der Waals surface area contributed by atoms with Crippen LogP contribution in [-0.4, -0.2) is 13.1 Å². The first kappa shape index (κ1) is 9.53. The zero-order chi connectivity index (χ0) is 9.80. The third kappa shape index (κ3) is 2.48. The molecule has 3 N–H and O–H groups in total. The van der Waals surface area contributed by atoms with Gasteiger partial charge < -0.3 is 11.1 Å². The Hall–Kier alpha value is -1.02. The molecule has 0 aliphatic carbocycles. The Morgan fingerprint density at radius 1 is 1.43 bits per heavy atom. The Labute approximate surface area is 85.5 Å². The zero-order valence-corrected chi connectivity index (χ0v) is 8.50. The Morgan fingerprint density at radius 3 is 3.07 bits per heavy atom. The molecular formula is C12H18N2. The van der Waals surface area contributed by atoms with E-state index >= 15 is 0 Å². The number of nitrogens with two attached hydrogens (primary N) is 1. The molecule has 0 saturated carbocycles. The molecule has 14 heavy (non-hydrogen) atoms. The fourth-order valence-electron chi connectivity index (χ4n) is 2.15. The van der Waals surface area contributed by atoms with Gasteiger partial charge in [-0.25, -0.2) is 0 Å². The molecule has 1 atom stereocenters. The van der Waals surface area contributed by atoms with Crippen molar-refractivity contribution < 1.29 is 0 Å². The molecule has 0 amide bonds. The highest BCUT2D eigenvalue weighted by Crippen LogP contribution is 2.17. The quantitative estimate of drug-likeness (QED) is 0.698. The molecule has 76 valence electrons. The van der Waals surface area contributed by atoms with Crippen molar-refractivity contribution in [3.8, 4) is 0 Å². The maximum atomic E-state index is 5.75. The van der Waals surface area contributed by atoms with Crippen LogP contribution in [0.5, 0.6) is 0 Å². The van der Waals surface area contributed by atoms with E-state index in [2.05, 4.69) is 17.4 Å². The first-order valence-electron chi connectivity index (χ1n) is 5.40. The molecule has 0 radical (unpaired) electrons. The van der Waals surface area contributed by atoms with Crippen LogP contribution in [0, 0.1) is 5.92 Å². The van der Waals surface area contributed by atoms with E-state index in [1.165, 1.54) is 24.9 Å². The summed E-state index contributed by atoms with van der Waals surface area (Å²) in [7, 11) is 0. The van der Waals surface area contributed by atoms with Gasteiger partial charge in [0.05, 0.1) is 0 Å². The molecule has 1 aliphatic rings.